The number of anilines is 1. The number of amides is 1. The summed E-state index contributed by atoms with van der Waals surface area (Å²) in [6.07, 6.45) is -5.02. The molecule has 1 aliphatic heterocycles. The van der Waals surface area contributed by atoms with Crippen LogP contribution in [0.1, 0.15) is 12.8 Å². The molecule has 1 fully saturated rings. The first-order valence-corrected chi connectivity index (χ1v) is 5.40. The van der Waals surface area contributed by atoms with Gasteiger partial charge in [-0.3, -0.25) is 4.79 Å². The molecule has 0 bridgehead atoms. The molecule has 1 aliphatic rings. The maximum Gasteiger partial charge on any atom is 0.389 e. The maximum atomic E-state index is 12.2. The number of rotatable bonds is 2. The quantitative estimate of drug-likeness (QED) is 0.782. The topological polar surface area (TPSA) is 20.3 Å². The van der Waals surface area contributed by atoms with E-state index in [1.807, 2.05) is 0 Å². The summed E-state index contributed by atoms with van der Waals surface area (Å²) < 4.78 is 36.7. The SMILES string of the molecule is O=C1[C@H](CC(F)(F)F)CCN1c1ccccc1. The van der Waals surface area contributed by atoms with Gasteiger partial charge in [0.05, 0.1) is 6.42 Å². The second kappa shape index (κ2) is 4.39. The zero-order chi connectivity index (χ0) is 12.5. The standard InChI is InChI=1S/C12H12F3NO/c13-12(14,15)8-9-6-7-16(11(9)17)10-4-2-1-3-5-10/h1-5,9H,6-8H2/t9-/m0/s1. The Morgan fingerprint density at radius 2 is 1.88 bits per heavy atom. The van der Waals surface area contributed by atoms with Crippen LogP contribution in [0.4, 0.5) is 18.9 Å². The average Bonchev–Trinajstić information content (AvgIpc) is 2.60. The molecule has 1 aromatic carbocycles. The largest absolute Gasteiger partial charge is 0.389 e. The fraction of sp³-hybridized carbons (Fsp3) is 0.417. The molecule has 5 heteroatoms. The molecule has 2 nitrogen and oxygen atoms in total. The van der Waals surface area contributed by atoms with Crippen molar-refractivity contribution in [3.8, 4) is 0 Å². The Morgan fingerprint density at radius 1 is 1.24 bits per heavy atom. The van der Waals surface area contributed by atoms with Crippen LogP contribution in [-0.2, 0) is 4.79 Å². The Morgan fingerprint density at radius 3 is 2.47 bits per heavy atom. The first-order chi connectivity index (χ1) is 7.97. The van der Waals surface area contributed by atoms with Crippen molar-refractivity contribution < 1.29 is 18.0 Å². The van der Waals surface area contributed by atoms with Crippen molar-refractivity contribution in [2.24, 2.45) is 5.92 Å². The minimum Gasteiger partial charge on any atom is -0.312 e. The number of benzene rings is 1. The number of para-hydroxylation sites is 1. The van der Waals surface area contributed by atoms with Gasteiger partial charge in [0.25, 0.3) is 0 Å². The highest BCUT2D eigenvalue weighted by Gasteiger charge is 2.40. The van der Waals surface area contributed by atoms with Crippen LogP contribution in [0.2, 0.25) is 0 Å². The Balaban J connectivity index is 2.08. The van der Waals surface area contributed by atoms with Crippen molar-refractivity contribution in [3.05, 3.63) is 30.3 Å². The van der Waals surface area contributed by atoms with E-state index in [-0.39, 0.29) is 6.42 Å². The van der Waals surface area contributed by atoms with Gasteiger partial charge in [-0.25, -0.2) is 0 Å². The predicted octanol–water partition coefficient (Wildman–Crippen LogP) is 2.99. The molecule has 1 atom stereocenters. The molecule has 92 valence electrons. The molecule has 0 radical (unpaired) electrons. The Labute approximate surface area is 97.0 Å². The summed E-state index contributed by atoms with van der Waals surface area (Å²) in [6.45, 7) is 0.365. The van der Waals surface area contributed by atoms with Crippen molar-refractivity contribution in [2.45, 2.75) is 19.0 Å². The van der Waals surface area contributed by atoms with Gasteiger partial charge in [-0.15, -0.1) is 0 Å². The molecule has 1 heterocycles. The van der Waals surface area contributed by atoms with Crippen LogP contribution in [0.25, 0.3) is 0 Å². The number of hydrogen-bond acceptors (Lipinski definition) is 1. The number of nitrogens with zero attached hydrogens (tertiary/aromatic N) is 1. The summed E-state index contributed by atoms with van der Waals surface area (Å²) in [5.41, 5.74) is 0.669. The Hall–Kier alpha value is -1.52. The van der Waals surface area contributed by atoms with Gasteiger partial charge >= 0.3 is 6.18 Å². The van der Waals surface area contributed by atoms with E-state index in [4.69, 9.17) is 0 Å². The normalized spacial score (nSPS) is 21.0. The van der Waals surface area contributed by atoms with Gasteiger partial charge in [0, 0.05) is 18.2 Å². The lowest BCUT2D eigenvalue weighted by Gasteiger charge is -2.17. The van der Waals surface area contributed by atoms with Crippen LogP contribution < -0.4 is 4.90 Å². The number of alkyl halides is 3. The van der Waals surface area contributed by atoms with Crippen LogP contribution in [0.3, 0.4) is 0 Å². The predicted molar refractivity (Wildman–Crippen MR) is 57.6 cm³/mol. The number of hydrogen-bond donors (Lipinski definition) is 0. The third-order valence-corrected chi connectivity index (χ3v) is 2.86. The summed E-state index contributed by atoms with van der Waals surface area (Å²) in [5.74, 6) is -1.34. The van der Waals surface area contributed by atoms with Gasteiger partial charge in [0.1, 0.15) is 0 Å². The monoisotopic (exact) mass is 243 g/mol. The van der Waals surface area contributed by atoms with E-state index < -0.39 is 24.4 Å². The summed E-state index contributed by atoms with van der Waals surface area (Å²) in [7, 11) is 0. The molecule has 1 amide bonds. The van der Waals surface area contributed by atoms with E-state index in [0.29, 0.717) is 12.2 Å². The van der Waals surface area contributed by atoms with Crippen molar-refractivity contribution >= 4 is 11.6 Å². The minimum atomic E-state index is -4.27. The minimum absolute atomic E-state index is 0.271. The van der Waals surface area contributed by atoms with Crippen LogP contribution in [0, 0.1) is 5.92 Å². The van der Waals surface area contributed by atoms with Gasteiger partial charge in [0.2, 0.25) is 5.91 Å². The highest BCUT2D eigenvalue weighted by molar-refractivity contribution is 5.97. The van der Waals surface area contributed by atoms with E-state index in [1.54, 1.807) is 30.3 Å². The van der Waals surface area contributed by atoms with E-state index in [9.17, 15) is 18.0 Å². The zero-order valence-corrected chi connectivity index (χ0v) is 9.07. The van der Waals surface area contributed by atoms with Crippen LogP contribution in [-0.4, -0.2) is 18.6 Å². The van der Waals surface area contributed by atoms with Gasteiger partial charge in [-0.2, -0.15) is 13.2 Å². The summed E-state index contributed by atoms with van der Waals surface area (Å²) in [6, 6.07) is 8.79. The number of carbonyl (C=O) groups excluding carboxylic acids is 1. The first kappa shape index (κ1) is 12.0. The van der Waals surface area contributed by atoms with Gasteiger partial charge in [0.15, 0.2) is 0 Å². The van der Waals surface area contributed by atoms with Crippen LogP contribution >= 0.6 is 0 Å². The molecule has 0 aliphatic carbocycles. The third kappa shape index (κ3) is 2.78. The lowest BCUT2D eigenvalue weighted by molar-refractivity contribution is -0.151. The molecule has 2 rings (SSSR count). The van der Waals surface area contributed by atoms with Crippen LogP contribution in [0.5, 0.6) is 0 Å². The second-order valence-electron chi connectivity index (χ2n) is 4.13. The fourth-order valence-corrected chi connectivity index (χ4v) is 2.07. The van der Waals surface area contributed by atoms with Crippen molar-refractivity contribution in [1.82, 2.24) is 0 Å². The molecule has 1 saturated heterocycles. The summed E-state index contributed by atoms with van der Waals surface area (Å²) in [5, 5.41) is 0. The fourth-order valence-electron chi connectivity index (χ4n) is 2.07. The number of halogens is 3. The Bertz CT molecular complexity index is 402. The van der Waals surface area contributed by atoms with Crippen molar-refractivity contribution in [2.75, 3.05) is 11.4 Å². The highest BCUT2D eigenvalue weighted by Crippen LogP contribution is 2.33. The lowest BCUT2D eigenvalue weighted by atomic mass is 10.0. The van der Waals surface area contributed by atoms with Gasteiger partial charge < -0.3 is 4.90 Å². The van der Waals surface area contributed by atoms with Crippen molar-refractivity contribution in [3.63, 3.8) is 0 Å². The molecule has 0 saturated carbocycles. The molecule has 0 unspecified atom stereocenters. The van der Waals surface area contributed by atoms with E-state index >= 15 is 0 Å². The smallest absolute Gasteiger partial charge is 0.312 e. The van der Waals surface area contributed by atoms with Crippen molar-refractivity contribution in [1.29, 1.82) is 0 Å². The summed E-state index contributed by atoms with van der Waals surface area (Å²) >= 11 is 0. The van der Waals surface area contributed by atoms with Gasteiger partial charge in [-0.1, -0.05) is 18.2 Å². The maximum absolute atomic E-state index is 12.2. The highest BCUT2D eigenvalue weighted by atomic mass is 19.4. The van der Waals surface area contributed by atoms with E-state index in [2.05, 4.69) is 0 Å². The third-order valence-electron chi connectivity index (χ3n) is 2.86. The molecule has 0 N–H and O–H groups in total. The molecular formula is C12H12F3NO. The molecule has 0 spiro atoms. The molecular weight excluding hydrogens is 231 g/mol. The summed E-state index contributed by atoms with van der Waals surface area (Å²) in [4.78, 5) is 13.2. The average molecular weight is 243 g/mol. The van der Waals surface area contributed by atoms with Crippen LogP contribution in [0.15, 0.2) is 30.3 Å². The van der Waals surface area contributed by atoms with E-state index in [0.717, 1.165) is 0 Å². The zero-order valence-electron chi connectivity index (χ0n) is 9.07. The second-order valence-corrected chi connectivity index (χ2v) is 4.13. The first-order valence-electron chi connectivity index (χ1n) is 5.40. The molecule has 1 aromatic rings. The number of carbonyl (C=O) groups is 1. The van der Waals surface area contributed by atoms with Gasteiger partial charge in [-0.05, 0) is 18.6 Å². The lowest BCUT2D eigenvalue weighted by Crippen LogP contribution is -2.28. The van der Waals surface area contributed by atoms with E-state index in [1.165, 1.54) is 4.90 Å². The molecule has 17 heavy (non-hydrogen) atoms. The molecule has 0 aromatic heterocycles. The Kier molecular flexibility index (Phi) is 3.09.